The summed E-state index contributed by atoms with van der Waals surface area (Å²) >= 11 is 1.71. The van der Waals surface area contributed by atoms with Crippen molar-refractivity contribution >= 4 is 32.5 Å². The van der Waals surface area contributed by atoms with Gasteiger partial charge in [0.2, 0.25) is 0 Å². The molecule has 1 aromatic carbocycles. The van der Waals surface area contributed by atoms with Crippen LogP contribution in [0.15, 0.2) is 36.7 Å². The second-order valence-electron chi connectivity index (χ2n) is 7.56. The van der Waals surface area contributed by atoms with Crippen LogP contribution in [0.2, 0.25) is 0 Å². The first-order valence-electron chi connectivity index (χ1n) is 9.59. The summed E-state index contributed by atoms with van der Waals surface area (Å²) in [5, 5.41) is 4.53. The molecule has 1 saturated heterocycles. The van der Waals surface area contributed by atoms with Crippen LogP contribution in [0.4, 0.5) is 10.9 Å². The molecule has 1 aliphatic carbocycles. The minimum absolute atomic E-state index is 0.187. The first-order valence-corrected chi connectivity index (χ1v) is 10.4. The number of fused-ring (bicyclic) bond motifs is 1. The van der Waals surface area contributed by atoms with E-state index in [1.807, 2.05) is 6.07 Å². The van der Waals surface area contributed by atoms with E-state index in [0.29, 0.717) is 17.8 Å². The fraction of sp³-hybridized carbons (Fsp3) is 0.450. The average Bonchev–Trinajstić information content (AvgIpc) is 3.26. The highest BCUT2D eigenvalue weighted by Gasteiger charge is 2.33. The van der Waals surface area contributed by atoms with E-state index in [9.17, 15) is 0 Å². The maximum atomic E-state index is 6.18. The third-order valence-electron chi connectivity index (χ3n) is 5.36. The minimum atomic E-state index is 0.187. The topological polar surface area (TPSA) is 63.2 Å². The van der Waals surface area contributed by atoms with Gasteiger partial charge >= 0.3 is 0 Å². The molecule has 2 aromatic heterocycles. The van der Waals surface area contributed by atoms with Gasteiger partial charge in [0.05, 0.1) is 10.2 Å². The van der Waals surface area contributed by atoms with Crippen LogP contribution >= 0.6 is 11.3 Å². The first kappa shape index (κ1) is 16.7. The lowest BCUT2D eigenvalue weighted by atomic mass is 9.89. The summed E-state index contributed by atoms with van der Waals surface area (Å²) in [4.78, 5) is 15.9. The second-order valence-corrected chi connectivity index (χ2v) is 8.59. The number of hydrogen-bond acceptors (Lipinski definition) is 7. The summed E-state index contributed by atoms with van der Waals surface area (Å²) in [6, 6.07) is 8.65. The van der Waals surface area contributed by atoms with Crippen LogP contribution in [-0.2, 0) is 0 Å². The van der Waals surface area contributed by atoms with Crippen molar-refractivity contribution in [2.45, 2.75) is 38.3 Å². The van der Waals surface area contributed by atoms with Crippen LogP contribution in [0.5, 0.6) is 5.88 Å². The monoisotopic (exact) mass is 381 g/mol. The zero-order valence-corrected chi connectivity index (χ0v) is 16.2. The van der Waals surface area contributed by atoms with Gasteiger partial charge in [-0.2, -0.15) is 0 Å². The fourth-order valence-corrected chi connectivity index (χ4v) is 4.73. The fourth-order valence-electron chi connectivity index (χ4n) is 3.79. The first-order chi connectivity index (χ1) is 13.2. The van der Waals surface area contributed by atoms with Crippen molar-refractivity contribution in [3.63, 3.8) is 0 Å². The Morgan fingerprint density at radius 2 is 2.04 bits per heavy atom. The van der Waals surface area contributed by atoms with Crippen LogP contribution < -0.4 is 15.0 Å². The Bertz CT molecular complexity index is 906. The van der Waals surface area contributed by atoms with Gasteiger partial charge < -0.3 is 15.0 Å². The van der Waals surface area contributed by atoms with Crippen molar-refractivity contribution in [1.29, 1.82) is 0 Å². The maximum absolute atomic E-state index is 6.18. The number of nitrogens with zero attached hydrogens (tertiary/aromatic N) is 4. The van der Waals surface area contributed by atoms with Gasteiger partial charge in [-0.05, 0) is 24.5 Å². The Labute approximate surface area is 162 Å². The molecule has 1 saturated carbocycles. The zero-order chi connectivity index (χ0) is 18.2. The van der Waals surface area contributed by atoms with Gasteiger partial charge in [0, 0.05) is 44.4 Å². The molecule has 1 N–H and O–H groups in total. The Morgan fingerprint density at radius 3 is 2.85 bits per heavy atom. The highest BCUT2D eigenvalue weighted by molar-refractivity contribution is 7.22. The molecule has 2 aliphatic rings. The highest BCUT2D eigenvalue weighted by atomic mass is 32.1. The van der Waals surface area contributed by atoms with Crippen molar-refractivity contribution in [3.05, 3.63) is 36.7 Å². The molecule has 140 valence electrons. The third kappa shape index (κ3) is 3.43. The molecule has 0 unspecified atom stereocenters. The van der Waals surface area contributed by atoms with E-state index >= 15 is 0 Å². The molecule has 2 fully saturated rings. The molecule has 3 heterocycles. The predicted octanol–water partition coefficient (Wildman–Crippen LogP) is 3.95. The number of benzene rings is 1. The van der Waals surface area contributed by atoms with Crippen LogP contribution in [0, 0.1) is 5.92 Å². The van der Waals surface area contributed by atoms with Gasteiger partial charge in [-0.15, -0.1) is 0 Å². The molecule has 5 rings (SSSR count). The van der Waals surface area contributed by atoms with Gasteiger partial charge in [-0.1, -0.05) is 30.4 Å². The van der Waals surface area contributed by atoms with Crippen molar-refractivity contribution in [2.75, 3.05) is 23.3 Å². The normalized spacial score (nSPS) is 24.8. The minimum Gasteiger partial charge on any atom is -0.472 e. The molecule has 0 amide bonds. The van der Waals surface area contributed by atoms with Crippen LogP contribution in [0.25, 0.3) is 10.2 Å². The molecule has 3 aromatic rings. The Morgan fingerprint density at radius 1 is 1.19 bits per heavy atom. The Balaban J connectivity index is 1.19. The highest BCUT2D eigenvalue weighted by Crippen LogP contribution is 2.34. The smallest absolute Gasteiger partial charge is 0.257 e. The molecule has 0 spiro atoms. The standard InChI is InChI=1S/C20H23N5OS/c1-13-6-9-25(12-13)18-19(22-8-7-21-18)26-15-10-14(11-15)23-20-24-16-4-2-3-5-17(16)27-20/h2-5,7-8,13-15H,6,9-12H2,1H3,(H,23,24)/t13-,14-,15+/m1/s1. The summed E-state index contributed by atoms with van der Waals surface area (Å²) in [6.07, 6.45) is 6.78. The number of nitrogens with one attached hydrogen (secondary N) is 1. The van der Waals surface area contributed by atoms with Gasteiger partial charge in [0.15, 0.2) is 10.9 Å². The van der Waals surface area contributed by atoms with Gasteiger partial charge in [0.1, 0.15) is 6.10 Å². The van der Waals surface area contributed by atoms with E-state index in [1.165, 1.54) is 11.1 Å². The summed E-state index contributed by atoms with van der Waals surface area (Å²) in [6.45, 7) is 4.34. The van der Waals surface area contributed by atoms with Crippen molar-refractivity contribution in [3.8, 4) is 5.88 Å². The number of rotatable bonds is 5. The molecule has 0 bridgehead atoms. The lowest BCUT2D eigenvalue weighted by Crippen LogP contribution is -2.43. The molecule has 7 heteroatoms. The van der Waals surface area contributed by atoms with Crippen molar-refractivity contribution < 1.29 is 4.74 Å². The van der Waals surface area contributed by atoms with Crippen LogP contribution in [0.3, 0.4) is 0 Å². The van der Waals surface area contributed by atoms with Crippen LogP contribution in [0.1, 0.15) is 26.2 Å². The summed E-state index contributed by atoms with van der Waals surface area (Å²) in [5.41, 5.74) is 1.06. The van der Waals surface area contributed by atoms with E-state index in [-0.39, 0.29) is 6.10 Å². The number of ether oxygens (including phenoxy) is 1. The second kappa shape index (κ2) is 6.96. The molecule has 1 atom stereocenters. The lowest BCUT2D eigenvalue weighted by molar-refractivity contribution is 0.103. The average molecular weight is 382 g/mol. The van der Waals surface area contributed by atoms with Crippen LogP contribution in [-0.4, -0.2) is 40.2 Å². The number of anilines is 2. The zero-order valence-electron chi connectivity index (χ0n) is 15.3. The molecule has 1 aliphatic heterocycles. The molecular formula is C20H23N5OS. The summed E-state index contributed by atoms with van der Waals surface area (Å²) in [7, 11) is 0. The molecule has 0 radical (unpaired) electrons. The Kier molecular flexibility index (Phi) is 4.32. The van der Waals surface area contributed by atoms with E-state index < -0.39 is 0 Å². The van der Waals surface area contributed by atoms with E-state index in [1.54, 1.807) is 23.7 Å². The Hall–Kier alpha value is -2.41. The molecule has 27 heavy (non-hydrogen) atoms. The molecular weight excluding hydrogens is 358 g/mol. The number of aromatic nitrogens is 3. The van der Waals surface area contributed by atoms with Crippen molar-refractivity contribution in [1.82, 2.24) is 15.0 Å². The van der Waals surface area contributed by atoms with Crippen molar-refractivity contribution in [2.24, 2.45) is 5.92 Å². The summed E-state index contributed by atoms with van der Waals surface area (Å²) < 4.78 is 7.40. The number of hydrogen-bond donors (Lipinski definition) is 1. The SMILES string of the molecule is C[C@@H]1CCN(c2nccnc2O[C@H]2C[C@@H](Nc3nc4ccccc4s3)C2)C1. The van der Waals surface area contributed by atoms with E-state index in [2.05, 4.69) is 50.3 Å². The van der Waals surface area contributed by atoms with Gasteiger partial charge in [-0.25, -0.2) is 15.0 Å². The van der Waals surface area contributed by atoms with E-state index in [0.717, 1.165) is 42.4 Å². The van der Waals surface area contributed by atoms with E-state index in [4.69, 9.17) is 4.74 Å². The third-order valence-corrected chi connectivity index (χ3v) is 6.33. The largest absolute Gasteiger partial charge is 0.472 e. The van der Waals surface area contributed by atoms with Gasteiger partial charge in [0.25, 0.3) is 5.88 Å². The summed E-state index contributed by atoms with van der Waals surface area (Å²) in [5.74, 6) is 2.27. The number of para-hydroxylation sites is 1. The van der Waals surface area contributed by atoms with Gasteiger partial charge in [-0.3, -0.25) is 0 Å². The lowest BCUT2D eigenvalue weighted by Gasteiger charge is -2.35. The quantitative estimate of drug-likeness (QED) is 0.722. The molecule has 6 nitrogen and oxygen atoms in total. The maximum Gasteiger partial charge on any atom is 0.257 e. The number of thiazole rings is 1. The predicted molar refractivity (Wildman–Crippen MR) is 109 cm³/mol.